The molecule has 2 heteroatoms. The van der Waals surface area contributed by atoms with E-state index in [1.165, 1.54) is 11.1 Å². The Morgan fingerprint density at radius 2 is 1.16 bits per heavy atom. The zero-order valence-electron chi connectivity index (χ0n) is 19.9. The third-order valence-corrected chi connectivity index (χ3v) is 7.25. The second-order valence-corrected chi connectivity index (χ2v) is 9.63. The van der Waals surface area contributed by atoms with Gasteiger partial charge in [0.1, 0.15) is 5.78 Å². The number of benzene rings is 2. The number of unbranched alkanes of at least 4 members (excludes halogenated alkanes) is 2. The number of Topliss-reactive ketones (excluding diaryl/α,β-unsaturated/α-hetero) is 1. The van der Waals surface area contributed by atoms with Crippen LogP contribution in [0.3, 0.4) is 0 Å². The van der Waals surface area contributed by atoms with Gasteiger partial charge in [-0.2, -0.15) is 0 Å². The maximum atomic E-state index is 12.4. The molecule has 2 unspecified atom stereocenters. The highest BCUT2D eigenvalue weighted by atomic mass is 16.3. The summed E-state index contributed by atoms with van der Waals surface area (Å²) in [7, 11) is 0. The van der Waals surface area contributed by atoms with Gasteiger partial charge in [0, 0.05) is 19.4 Å². The lowest BCUT2D eigenvalue weighted by atomic mass is 9.75. The molecule has 0 aromatic heterocycles. The first-order valence-electron chi connectivity index (χ1n) is 12.2. The van der Waals surface area contributed by atoms with Crippen molar-refractivity contribution in [2.45, 2.75) is 95.8 Å². The van der Waals surface area contributed by atoms with Gasteiger partial charge in [-0.15, -0.1) is 0 Å². The van der Waals surface area contributed by atoms with E-state index in [1.54, 1.807) is 0 Å². The van der Waals surface area contributed by atoms with Crippen molar-refractivity contribution in [1.29, 1.82) is 0 Å². The van der Waals surface area contributed by atoms with Gasteiger partial charge in [0.15, 0.2) is 0 Å². The number of aliphatic hydroxyl groups is 1. The molecule has 0 heterocycles. The van der Waals surface area contributed by atoms with E-state index < -0.39 is 0 Å². The summed E-state index contributed by atoms with van der Waals surface area (Å²) >= 11 is 0. The molecule has 0 bridgehead atoms. The summed E-state index contributed by atoms with van der Waals surface area (Å²) in [5.74, 6) is 0.404. The SMILES string of the molecule is CCC(C)(CCCCC(=O)CCCCC(C)(CCO)c1ccccc1)c1ccccc1. The Labute approximate surface area is 190 Å². The van der Waals surface area contributed by atoms with E-state index in [0.717, 1.165) is 51.4 Å². The molecule has 0 aliphatic carbocycles. The first-order chi connectivity index (χ1) is 14.9. The maximum Gasteiger partial charge on any atom is 0.132 e. The maximum absolute atomic E-state index is 12.4. The zero-order chi connectivity index (χ0) is 22.6. The lowest BCUT2D eigenvalue weighted by Gasteiger charge is -2.30. The molecular weight excluding hydrogens is 380 g/mol. The second kappa shape index (κ2) is 12.8. The number of rotatable bonds is 15. The number of hydrogen-bond acceptors (Lipinski definition) is 2. The predicted molar refractivity (Wildman–Crippen MR) is 132 cm³/mol. The number of aliphatic hydroxyl groups excluding tert-OH is 1. The van der Waals surface area contributed by atoms with Gasteiger partial charge in [-0.05, 0) is 60.5 Å². The molecule has 0 radical (unpaired) electrons. The predicted octanol–water partition coefficient (Wildman–Crippen LogP) is 7.38. The number of hydrogen-bond donors (Lipinski definition) is 1. The summed E-state index contributed by atoms with van der Waals surface area (Å²) in [5.41, 5.74) is 2.89. The molecular formula is C29H42O2. The molecule has 2 rings (SSSR count). The molecule has 31 heavy (non-hydrogen) atoms. The van der Waals surface area contributed by atoms with Gasteiger partial charge in [0.25, 0.3) is 0 Å². The van der Waals surface area contributed by atoms with Gasteiger partial charge < -0.3 is 5.11 Å². The molecule has 0 aliphatic rings. The van der Waals surface area contributed by atoms with Gasteiger partial charge in [-0.25, -0.2) is 0 Å². The molecule has 0 spiro atoms. The van der Waals surface area contributed by atoms with Gasteiger partial charge in [0.2, 0.25) is 0 Å². The Balaban J connectivity index is 1.69. The van der Waals surface area contributed by atoms with Crippen LogP contribution in [0.4, 0.5) is 0 Å². The summed E-state index contributed by atoms with van der Waals surface area (Å²) in [6.45, 7) is 7.04. The summed E-state index contributed by atoms with van der Waals surface area (Å²) in [5, 5.41) is 9.52. The van der Waals surface area contributed by atoms with Crippen molar-refractivity contribution < 1.29 is 9.90 Å². The van der Waals surface area contributed by atoms with Crippen molar-refractivity contribution >= 4 is 5.78 Å². The molecule has 2 atom stereocenters. The van der Waals surface area contributed by atoms with Crippen molar-refractivity contribution in [3.8, 4) is 0 Å². The van der Waals surface area contributed by atoms with E-state index in [4.69, 9.17) is 0 Å². The van der Waals surface area contributed by atoms with Crippen LogP contribution in [0.1, 0.15) is 96.1 Å². The third kappa shape index (κ3) is 7.92. The fourth-order valence-electron chi connectivity index (χ4n) is 4.67. The second-order valence-electron chi connectivity index (χ2n) is 9.63. The molecule has 2 aromatic rings. The summed E-state index contributed by atoms with van der Waals surface area (Å²) in [6, 6.07) is 21.2. The van der Waals surface area contributed by atoms with Crippen LogP contribution in [0.2, 0.25) is 0 Å². The number of carbonyl (C=O) groups excluding carboxylic acids is 1. The molecule has 0 saturated heterocycles. The van der Waals surface area contributed by atoms with E-state index in [-0.39, 0.29) is 17.4 Å². The summed E-state index contributed by atoms with van der Waals surface area (Å²) in [6.07, 6.45) is 9.51. The Morgan fingerprint density at radius 3 is 1.61 bits per heavy atom. The van der Waals surface area contributed by atoms with Crippen LogP contribution in [0, 0.1) is 0 Å². The van der Waals surface area contributed by atoms with Crippen LogP contribution in [0.5, 0.6) is 0 Å². The fourth-order valence-corrected chi connectivity index (χ4v) is 4.67. The highest BCUT2D eigenvalue weighted by molar-refractivity contribution is 5.78. The van der Waals surface area contributed by atoms with Crippen molar-refractivity contribution in [2.75, 3.05) is 6.61 Å². The van der Waals surface area contributed by atoms with Gasteiger partial charge in [-0.1, -0.05) is 94.3 Å². The van der Waals surface area contributed by atoms with Crippen molar-refractivity contribution in [2.24, 2.45) is 0 Å². The van der Waals surface area contributed by atoms with E-state index in [9.17, 15) is 9.90 Å². The van der Waals surface area contributed by atoms with Crippen molar-refractivity contribution in [1.82, 2.24) is 0 Å². The van der Waals surface area contributed by atoms with Crippen molar-refractivity contribution in [3.05, 3.63) is 71.8 Å². The molecule has 2 aromatic carbocycles. The van der Waals surface area contributed by atoms with Crippen LogP contribution >= 0.6 is 0 Å². The largest absolute Gasteiger partial charge is 0.396 e. The minimum Gasteiger partial charge on any atom is -0.396 e. The minimum atomic E-state index is -0.0128. The van der Waals surface area contributed by atoms with E-state index in [2.05, 4.69) is 75.4 Å². The minimum absolute atomic E-state index is 0.0128. The Morgan fingerprint density at radius 1 is 0.710 bits per heavy atom. The summed E-state index contributed by atoms with van der Waals surface area (Å²) < 4.78 is 0. The zero-order valence-corrected chi connectivity index (χ0v) is 19.9. The first-order valence-corrected chi connectivity index (χ1v) is 12.2. The van der Waals surface area contributed by atoms with Crippen LogP contribution in [-0.4, -0.2) is 17.5 Å². The molecule has 170 valence electrons. The monoisotopic (exact) mass is 422 g/mol. The molecule has 1 N–H and O–H groups in total. The van der Waals surface area contributed by atoms with E-state index in [0.29, 0.717) is 18.6 Å². The molecule has 0 fully saturated rings. The Bertz CT molecular complexity index is 755. The lowest BCUT2D eigenvalue weighted by molar-refractivity contribution is -0.119. The normalized spacial score (nSPS) is 15.2. The van der Waals surface area contributed by atoms with Crippen LogP contribution in [0.15, 0.2) is 60.7 Å². The average Bonchev–Trinajstić information content (AvgIpc) is 2.81. The van der Waals surface area contributed by atoms with E-state index in [1.807, 2.05) is 6.07 Å². The van der Waals surface area contributed by atoms with Crippen molar-refractivity contribution in [3.63, 3.8) is 0 Å². The highest BCUT2D eigenvalue weighted by Gasteiger charge is 2.26. The average molecular weight is 423 g/mol. The van der Waals surface area contributed by atoms with Crippen LogP contribution in [0.25, 0.3) is 0 Å². The Hall–Kier alpha value is -1.93. The number of carbonyl (C=O) groups is 1. The molecule has 0 aliphatic heterocycles. The number of ketones is 1. The fraction of sp³-hybridized carbons (Fsp3) is 0.552. The quantitative estimate of drug-likeness (QED) is 0.304. The topological polar surface area (TPSA) is 37.3 Å². The van der Waals surface area contributed by atoms with Gasteiger partial charge in [0.05, 0.1) is 0 Å². The van der Waals surface area contributed by atoms with Crippen LogP contribution in [-0.2, 0) is 15.6 Å². The highest BCUT2D eigenvalue weighted by Crippen LogP contribution is 2.34. The van der Waals surface area contributed by atoms with Crippen LogP contribution < -0.4 is 0 Å². The first kappa shape index (κ1) is 25.3. The standard InChI is InChI=1S/C29H42O2/c1-4-28(2,25-15-7-5-8-16-25)21-13-11-19-27(31)20-12-14-22-29(3,23-24-30)26-17-9-6-10-18-26/h5-10,15-18,30H,4,11-14,19-24H2,1-3H3. The molecule has 0 amide bonds. The van der Waals surface area contributed by atoms with E-state index >= 15 is 0 Å². The van der Waals surface area contributed by atoms with Gasteiger partial charge in [-0.3, -0.25) is 4.79 Å². The molecule has 2 nitrogen and oxygen atoms in total. The summed E-state index contributed by atoms with van der Waals surface area (Å²) in [4.78, 5) is 12.4. The molecule has 0 saturated carbocycles. The Kier molecular flexibility index (Phi) is 10.5. The lowest BCUT2D eigenvalue weighted by Crippen LogP contribution is -2.23. The van der Waals surface area contributed by atoms with Gasteiger partial charge >= 0.3 is 0 Å². The smallest absolute Gasteiger partial charge is 0.132 e. The third-order valence-electron chi connectivity index (χ3n) is 7.25.